The number of nitrogens with one attached hydrogen (secondary N) is 1. The maximum absolute atomic E-state index is 11.3. The molecule has 0 aliphatic carbocycles. The molecule has 2 rings (SSSR count). The first-order chi connectivity index (χ1) is 12.8. The molecule has 0 spiro atoms. The van der Waals surface area contributed by atoms with Gasteiger partial charge in [0.15, 0.2) is 0 Å². The summed E-state index contributed by atoms with van der Waals surface area (Å²) in [6.07, 6.45) is 2.89. The van der Waals surface area contributed by atoms with Gasteiger partial charge in [-0.15, -0.1) is 0 Å². The van der Waals surface area contributed by atoms with Crippen molar-refractivity contribution in [3.63, 3.8) is 0 Å². The molecular formula is C22H42N2O2. The van der Waals surface area contributed by atoms with Gasteiger partial charge in [-0.3, -0.25) is 9.69 Å². The van der Waals surface area contributed by atoms with Gasteiger partial charge >= 0.3 is 0 Å². The molecule has 1 aromatic carbocycles. The zero-order valence-corrected chi connectivity index (χ0v) is 18.2. The average Bonchev–Trinajstić information content (AvgIpc) is 2.74. The molecule has 1 N–H and O–H groups in total. The van der Waals surface area contributed by atoms with Crippen LogP contribution in [0.1, 0.15) is 60.8 Å². The van der Waals surface area contributed by atoms with Crippen molar-refractivity contribution < 1.29 is 9.53 Å². The van der Waals surface area contributed by atoms with Gasteiger partial charge in [-0.1, -0.05) is 59.7 Å². The Bertz CT molecular complexity index is 402. The minimum atomic E-state index is 0.163. The number of ether oxygens (including phenoxy) is 1. The highest BCUT2D eigenvalue weighted by Crippen LogP contribution is 2.20. The molecule has 1 aromatic rings. The van der Waals surface area contributed by atoms with Gasteiger partial charge in [0.25, 0.3) is 0 Å². The summed E-state index contributed by atoms with van der Waals surface area (Å²) in [4.78, 5) is 13.8. The molecule has 0 bridgehead atoms. The number of carbonyl (C=O) groups is 1. The van der Waals surface area contributed by atoms with Crippen molar-refractivity contribution in [2.45, 2.75) is 60.8 Å². The highest BCUT2D eigenvalue weighted by atomic mass is 16.5. The van der Waals surface area contributed by atoms with E-state index in [1.807, 2.05) is 71.9 Å². The predicted octanol–water partition coefficient (Wildman–Crippen LogP) is 4.99. The summed E-state index contributed by atoms with van der Waals surface area (Å²) in [5.41, 5.74) is 0. The van der Waals surface area contributed by atoms with Crippen LogP contribution in [0.3, 0.4) is 0 Å². The van der Waals surface area contributed by atoms with E-state index in [-0.39, 0.29) is 5.91 Å². The van der Waals surface area contributed by atoms with Crippen LogP contribution in [-0.4, -0.2) is 44.1 Å². The zero-order valence-electron chi connectivity index (χ0n) is 18.2. The minimum absolute atomic E-state index is 0.163. The standard InChI is InChI=1S/C16H24N2O2.3C2H6/c1-17-16(19)13-14-7-9-18(10-8-14)11-12-20-15-5-3-2-4-6-15;3*1-2/h2-6,14H,7-13H2,1H3,(H,17,19);3*1-2H3. The summed E-state index contributed by atoms with van der Waals surface area (Å²) < 4.78 is 5.71. The van der Waals surface area contributed by atoms with Crippen LogP contribution in [0.2, 0.25) is 0 Å². The van der Waals surface area contributed by atoms with Crippen LogP contribution in [0.4, 0.5) is 0 Å². The second-order valence-electron chi connectivity index (χ2n) is 5.32. The first-order valence-corrected chi connectivity index (χ1v) is 10.4. The first-order valence-electron chi connectivity index (χ1n) is 10.4. The topological polar surface area (TPSA) is 41.6 Å². The number of nitrogens with zero attached hydrogens (tertiary/aromatic N) is 1. The molecule has 1 aliphatic heterocycles. The molecule has 1 amide bonds. The molecule has 1 aliphatic rings. The Morgan fingerprint density at radius 1 is 1.04 bits per heavy atom. The summed E-state index contributed by atoms with van der Waals surface area (Å²) in [5, 5.41) is 2.70. The molecule has 0 atom stereocenters. The normalized spacial score (nSPS) is 13.7. The van der Waals surface area contributed by atoms with Crippen molar-refractivity contribution in [3.05, 3.63) is 30.3 Å². The van der Waals surface area contributed by atoms with E-state index >= 15 is 0 Å². The molecule has 1 fully saturated rings. The highest BCUT2D eigenvalue weighted by molar-refractivity contribution is 5.75. The molecule has 0 unspecified atom stereocenters. The lowest BCUT2D eigenvalue weighted by Crippen LogP contribution is -2.37. The minimum Gasteiger partial charge on any atom is -0.492 e. The quantitative estimate of drug-likeness (QED) is 0.771. The largest absolute Gasteiger partial charge is 0.492 e. The van der Waals surface area contributed by atoms with Crippen molar-refractivity contribution in [2.75, 3.05) is 33.3 Å². The number of hydrogen-bond donors (Lipinski definition) is 1. The van der Waals surface area contributed by atoms with Crippen LogP contribution in [0.5, 0.6) is 5.75 Å². The summed E-state index contributed by atoms with van der Waals surface area (Å²) in [5.74, 6) is 1.64. The monoisotopic (exact) mass is 366 g/mol. The smallest absolute Gasteiger partial charge is 0.220 e. The van der Waals surface area contributed by atoms with E-state index in [1.54, 1.807) is 7.05 Å². The number of carbonyl (C=O) groups excluding carboxylic acids is 1. The zero-order chi connectivity index (χ0) is 20.2. The fraction of sp³-hybridized carbons (Fsp3) is 0.682. The number of piperidine rings is 1. The number of likely N-dealkylation sites (tertiary alicyclic amines) is 1. The second-order valence-corrected chi connectivity index (χ2v) is 5.32. The Balaban J connectivity index is 0. The van der Waals surface area contributed by atoms with Crippen LogP contribution in [0, 0.1) is 5.92 Å². The Morgan fingerprint density at radius 2 is 1.58 bits per heavy atom. The van der Waals surface area contributed by atoms with Gasteiger partial charge in [0.1, 0.15) is 12.4 Å². The third-order valence-electron chi connectivity index (χ3n) is 3.88. The van der Waals surface area contributed by atoms with Crippen molar-refractivity contribution in [1.29, 1.82) is 0 Å². The molecule has 0 saturated carbocycles. The predicted molar refractivity (Wildman–Crippen MR) is 114 cm³/mol. The SMILES string of the molecule is CC.CC.CC.CNC(=O)CC1CCN(CCOc2ccccc2)CC1. The van der Waals surface area contributed by atoms with E-state index in [9.17, 15) is 4.79 Å². The van der Waals surface area contributed by atoms with Crippen LogP contribution in [0.25, 0.3) is 0 Å². The molecule has 0 radical (unpaired) electrons. The van der Waals surface area contributed by atoms with Crippen LogP contribution < -0.4 is 10.1 Å². The first kappa shape index (κ1) is 26.7. The summed E-state index contributed by atoms with van der Waals surface area (Å²) in [6.45, 7) is 15.8. The molecule has 0 aromatic heterocycles. The van der Waals surface area contributed by atoms with E-state index in [0.29, 0.717) is 12.3 Å². The van der Waals surface area contributed by atoms with Gasteiger partial charge in [-0.05, 0) is 44.0 Å². The number of amides is 1. The highest BCUT2D eigenvalue weighted by Gasteiger charge is 2.20. The van der Waals surface area contributed by atoms with E-state index in [1.165, 1.54) is 0 Å². The maximum atomic E-state index is 11.3. The molecule has 1 heterocycles. The number of benzene rings is 1. The molecule has 26 heavy (non-hydrogen) atoms. The Hall–Kier alpha value is -1.55. The lowest BCUT2D eigenvalue weighted by molar-refractivity contribution is -0.121. The molecule has 4 heteroatoms. The van der Waals surface area contributed by atoms with E-state index in [0.717, 1.165) is 44.8 Å². The van der Waals surface area contributed by atoms with E-state index < -0.39 is 0 Å². The number of para-hydroxylation sites is 1. The van der Waals surface area contributed by atoms with Gasteiger partial charge in [0, 0.05) is 20.0 Å². The fourth-order valence-corrected chi connectivity index (χ4v) is 2.59. The molecular weight excluding hydrogens is 324 g/mol. The summed E-state index contributed by atoms with van der Waals surface area (Å²) in [6, 6.07) is 9.93. The summed E-state index contributed by atoms with van der Waals surface area (Å²) in [7, 11) is 1.71. The lowest BCUT2D eigenvalue weighted by Gasteiger charge is -2.31. The van der Waals surface area contributed by atoms with Crippen molar-refractivity contribution in [3.8, 4) is 5.75 Å². The number of hydrogen-bond acceptors (Lipinski definition) is 3. The fourth-order valence-electron chi connectivity index (χ4n) is 2.59. The van der Waals surface area contributed by atoms with Crippen molar-refractivity contribution in [1.82, 2.24) is 10.2 Å². The van der Waals surface area contributed by atoms with Gasteiger partial charge < -0.3 is 10.1 Å². The Kier molecular flexibility index (Phi) is 20.3. The second kappa shape index (κ2) is 19.8. The van der Waals surface area contributed by atoms with Gasteiger partial charge in [0.2, 0.25) is 5.91 Å². The van der Waals surface area contributed by atoms with Crippen LogP contribution in [0.15, 0.2) is 30.3 Å². The summed E-state index contributed by atoms with van der Waals surface area (Å²) >= 11 is 0. The third-order valence-corrected chi connectivity index (χ3v) is 3.88. The molecule has 1 saturated heterocycles. The lowest BCUT2D eigenvalue weighted by atomic mass is 9.93. The van der Waals surface area contributed by atoms with Crippen molar-refractivity contribution >= 4 is 5.91 Å². The molecule has 152 valence electrons. The van der Waals surface area contributed by atoms with Crippen LogP contribution in [-0.2, 0) is 4.79 Å². The van der Waals surface area contributed by atoms with Crippen molar-refractivity contribution in [2.24, 2.45) is 5.92 Å². The average molecular weight is 367 g/mol. The van der Waals surface area contributed by atoms with Gasteiger partial charge in [0.05, 0.1) is 0 Å². The van der Waals surface area contributed by atoms with Crippen LogP contribution >= 0.6 is 0 Å². The molecule has 4 nitrogen and oxygen atoms in total. The number of rotatable bonds is 6. The van der Waals surface area contributed by atoms with E-state index in [4.69, 9.17) is 4.74 Å². The third kappa shape index (κ3) is 12.8. The van der Waals surface area contributed by atoms with Gasteiger partial charge in [-0.25, -0.2) is 0 Å². The Labute approximate surface area is 162 Å². The van der Waals surface area contributed by atoms with Gasteiger partial charge in [-0.2, -0.15) is 0 Å². The Morgan fingerprint density at radius 3 is 2.08 bits per heavy atom. The maximum Gasteiger partial charge on any atom is 0.220 e. The van der Waals surface area contributed by atoms with E-state index in [2.05, 4.69) is 10.2 Å².